The maximum atomic E-state index is 12.2. The van der Waals surface area contributed by atoms with Crippen LogP contribution in [0.3, 0.4) is 0 Å². The minimum Gasteiger partial charge on any atom is -0.484 e. The van der Waals surface area contributed by atoms with Gasteiger partial charge in [-0.15, -0.1) is 0 Å². The number of hydrogen-bond acceptors (Lipinski definition) is 4. The van der Waals surface area contributed by atoms with Crippen LogP contribution in [0, 0.1) is 0 Å². The molecule has 1 saturated heterocycles. The Morgan fingerprint density at radius 1 is 1.24 bits per heavy atom. The van der Waals surface area contributed by atoms with E-state index in [1.165, 1.54) is 12.1 Å². The SMILES string of the molecule is CCNC(=NCc1ccc(OCC(F)(F)F)cc1)NCCCOCC1CCCO1. The van der Waals surface area contributed by atoms with E-state index in [1.807, 2.05) is 6.92 Å². The van der Waals surface area contributed by atoms with E-state index in [1.54, 1.807) is 12.1 Å². The zero-order valence-corrected chi connectivity index (χ0v) is 16.8. The van der Waals surface area contributed by atoms with Gasteiger partial charge in [-0.25, -0.2) is 4.99 Å². The van der Waals surface area contributed by atoms with E-state index >= 15 is 0 Å². The molecule has 0 amide bonds. The number of rotatable bonds is 11. The van der Waals surface area contributed by atoms with Gasteiger partial charge in [-0.3, -0.25) is 0 Å². The van der Waals surface area contributed by atoms with Crippen molar-refractivity contribution in [1.82, 2.24) is 10.6 Å². The van der Waals surface area contributed by atoms with Crippen molar-refractivity contribution in [2.75, 3.05) is 39.5 Å². The average molecular weight is 417 g/mol. The van der Waals surface area contributed by atoms with Crippen LogP contribution in [-0.4, -0.2) is 57.8 Å². The average Bonchev–Trinajstić information content (AvgIpc) is 3.21. The van der Waals surface area contributed by atoms with Gasteiger partial charge in [-0.05, 0) is 43.9 Å². The molecule has 29 heavy (non-hydrogen) atoms. The maximum absolute atomic E-state index is 12.2. The fourth-order valence-electron chi connectivity index (χ4n) is 2.74. The van der Waals surface area contributed by atoms with Crippen molar-refractivity contribution in [3.8, 4) is 5.75 Å². The van der Waals surface area contributed by atoms with Gasteiger partial charge in [0.15, 0.2) is 12.6 Å². The molecule has 6 nitrogen and oxygen atoms in total. The summed E-state index contributed by atoms with van der Waals surface area (Å²) in [6.07, 6.45) is -1.06. The van der Waals surface area contributed by atoms with Crippen LogP contribution in [0.25, 0.3) is 0 Å². The second-order valence-corrected chi connectivity index (χ2v) is 6.73. The lowest BCUT2D eigenvalue weighted by Crippen LogP contribution is -2.38. The quantitative estimate of drug-likeness (QED) is 0.329. The zero-order valence-electron chi connectivity index (χ0n) is 16.8. The Kier molecular flexibility index (Phi) is 10.1. The fourth-order valence-corrected chi connectivity index (χ4v) is 2.74. The van der Waals surface area contributed by atoms with Crippen molar-refractivity contribution in [2.24, 2.45) is 4.99 Å². The van der Waals surface area contributed by atoms with Crippen molar-refractivity contribution in [3.05, 3.63) is 29.8 Å². The maximum Gasteiger partial charge on any atom is 0.422 e. The first-order valence-corrected chi connectivity index (χ1v) is 9.96. The van der Waals surface area contributed by atoms with Crippen LogP contribution in [-0.2, 0) is 16.0 Å². The van der Waals surface area contributed by atoms with E-state index in [-0.39, 0.29) is 11.9 Å². The van der Waals surface area contributed by atoms with Crippen molar-refractivity contribution in [3.63, 3.8) is 0 Å². The van der Waals surface area contributed by atoms with Crippen LogP contribution < -0.4 is 15.4 Å². The molecule has 1 heterocycles. The molecule has 1 aromatic carbocycles. The predicted molar refractivity (Wildman–Crippen MR) is 105 cm³/mol. The Bertz CT molecular complexity index is 603. The monoisotopic (exact) mass is 417 g/mol. The largest absolute Gasteiger partial charge is 0.484 e. The Balaban J connectivity index is 1.67. The van der Waals surface area contributed by atoms with Gasteiger partial charge in [0.05, 0.1) is 19.3 Å². The van der Waals surface area contributed by atoms with E-state index in [4.69, 9.17) is 14.2 Å². The molecule has 1 aromatic rings. The van der Waals surface area contributed by atoms with Crippen molar-refractivity contribution >= 4 is 5.96 Å². The van der Waals surface area contributed by atoms with Gasteiger partial charge in [0.25, 0.3) is 0 Å². The summed E-state index contributed by atoms with van der Waals surface area (Å²) in [6.45, 7) is 4.69. The number of nitrogens with zero attached hydrogens (tertiary/aromatic N) is 1. The summed E-state index contributed by atoms with van der Waals surface area (Å²) in [5, 5.41) is 6.41. The number of ether oxygens (including phenoxy) is 3. The summed E-state index contributed by atoms with van der Waals surface area (Å²) in [4.78, 5) is 4.49. The van der Waals surface area contributed by atoms with E-state index in [0.717, 1.165) is 44.5 Å². The normalized spacial score (nSPS) is 17.4. The minimum atomic E-state index is -4.34. The second kappa shape index (κ2) is 12.5. The number of halogens is 3. The summed E-state index contributed by atoms with van der Waals surface area (Å²) >= 11 is 0. The number of nitrogens with one attached hydrogen (secondary N) is 2. The standard InChI is InChI=1S/C20H30F3N3O3/c1-2-24-19(25-10-4-11-27-14-18-5-3-12-28-18)26-13-16-6-8-17(9-7-16)29-15-20(21,22)23/h6-9,18H,2-5,10-15H2,1H3,(H2,24,25,26). The number of guanidine groups is 1. The number of aliphatic imine (C=N–C) groups is 1. The van der Waals surface area contributed by atoms with Crippen LogP contribution in [0.1, 0.15) is 31.7 Å². The van der Waals surface area contributed by atoms with Gasteiger partial charge in [0.2, 0.25) is 0 Å². The molecule has 1 aliphatic rings. The highest BCUT2D eigenvalue weighted by Gasteiger charge is 2.28. The lowest BCUT2D eigenvalue weighted by molar-refractivity contribution is -0.153. The summed E-state index contributed by atoms with van der Waals surface area (Å²) in [5.41, 5.74) is 0.876. The molecule has 9 heteroatoms. The molecule has 0 saturated carbocycles. The summed E-state index contributed by atoms with van der Waals surface area (Å²) in [6, 6.07) is 6.44. The van der Waals surface area contributed by atoms with Crippen molar-refractivity contribution in [1.29, 1.82) is 0 Å². The molecule has 0 aromatic heterocycles. The Morgan fingerprint density at radius 3 is 2.69 bits per heavy atom. The van der Waals surface area contributed by atoms with Crippen molar-refractivity contribution in [2.45, 2.75) is 45.0 Å². The molecular weight excluding hydrogens is 387 g/mol. The summed E-state index contributed by atoms with van der Waals surface area (Å²) in [5.74, 6) is 0.868. The molecule has 1 aliphatic heterocycles. The smallest absolute Gasteiger partial charge is 0.422 e. The van der Waals surface area contributed by atoms with E-state index < -0.39 is 12.8 Å². The molecule has 0 spiro atoms. The van der Waals surface area contributed by atoms with Crippen LogP contribution >= 0.6 is 0 Å². The highest BCUT2D eigenvalue weighted by atomic mass is 19.4. The molecule has 1 fully saturated rings. The van der Waals surface area contributed by atoms with Gasteiger partial charge in [0.1, 0.15) is 5.75 Å². The highest BCUT2D eigenvalue weighted by Crippen LogP contribution is 2.19. The molecule has 0 radical (unpaired) electrons. The van der Waals surface area contributed by atoms with Crippen LogP contribution in [0.15, 0.2) is 29.3 Å². The Labute approximate surface area is 169 Å². The van der Waals surface area contributed by atoms with Gasteiger partial charge in [-0.1, -0.05) is 12.1 Å². The topological polar surface area (TPSA) is 64.1 Å². The molecule has 1 atom stereocenters. The van der Waals surface area contributed by atoms with E-state index in [2.05, 4.69) is 15.6 Å². The van der Waals surface area contributed by atoms with Crippen LogP contribution in [0.5, 0.6) is 5.75 Å². The molecule has 0 aliphatic carbocycles. The first kappa shape index (κ1) is 23.3. The van der Waals surface area contributed by atoms with Gasteiger partial charge in [-0.2, -0.15) is 13.2 Å². The molecule has 1 unspecified atom stereocenters. The van der Waals surface area contributed by atoms with Crippen LogP contribution in [0.4, 0.5) is 13.2 Å². The first-order chi connectivity index (χ1) is 14.0. The van der Waals surface area contributed by atoms with Crippen molar-refractivity contribution < 1.29 is 27.4 Å². The summed E-state index contributed by atoms with van der Waals surface area (Å²) < 4.78 is 52.4. The molecule has 2 N–H and O–H groups in total. The van der Waals surface area contributed by atoms with Gasteiger partial charge < -0.3 is 24.8 Å². The third kappa shape index (κ3) is 10.4. The lowest BCUT2D eigenvalue weighted by Gasteiger charge is -2.13. The third-order valence-electron chi connectivity index (χ3n) is 4.18. The Hall–Kier alpha value is -2.00. The van der Waals surface area contributed by atoms with Gasteiger partial charge >= 0.3 is 6.18 Å². The Morgan fingerprint density at radius 2 is 2.03 bits per heavy atom. The fraction of sp³-hybridized carbons (Fsp3) is 0.650. The van der Waals surface area contributed by atoms with E-state index in [0.29, 0.717) is 25.7 Å². The predicted octanol–water partition coefficient (Wildman–Crippen LogP) is 3.27. The molecule has 0 bridgehead atoms. The highest BCUT2D eigenvalue weighted by molar-refractivity contribution is 5.79. The number of alkyl halides is 3. The number of hydrogen-bond donors (Lipinski definition) is 2. The first-order valence-electron chi connectivity index (χ1n) is 9.96. The van der Waals surface area contributed by atoms with Crippen LogP contribution in [0.2, 0.25) is 0 Å². The van der Waals surface area contributed by atoms with Gasteiger partial charge in [0, 0.05) is 26.3 Å². The summed E-state index contributed by atoms with van der Waals surface area (Å²) in [7, 11) is 0. The lowest BCUT2D eigenvalue weighted by atomic mass is 10.2. The molecule has 2 rings (SSSR count). The second-order valence-electron chi connectivity index (χ2n) is 6.73. The molecular formula is C20H30F3N3O3. The third-order valence-corrected chi connectivity index (χ3v) is 4.18. The zero-order chi connectivity index (χ0) is 21.0. The minimum absolute atomic E-state index is 0.183. The molecule has 164 valence electrons. The van der Waals surface area contributed by atoms with E-state index in [9.17, 15) is 13.2 Å². The number of benzene rings is 1.